The predicted octanol–water partition coefficient (Wildman–Crippen LogP) is 8.04. The predicted molar refractivity (Wildman–Crippen MR) is 149 cm³/mol. The molecular weight excluding hydrogens is 432 g/mol. The second-order valence-electron chi connectivity index (χ2n) is 10.1. The van der Waals surface area contributed by atoms with E-state index in [9.17, 15) is 0 Å². The van der Waals surface area contributed by atoms with Gasteiger partial charge in [-0.15, -0.1) is 5.10 Å². The largest absolute Gasteiger partial charge is 0.350 e. The van der Waals surface area contributed by atoms with E-state index < -0.39 is 0 Å². The highest BCUT2D eigenvalue weighted by Gasteiger charge is 2.28. The molecule has 1 unspecified atom stereocenters. The van der Waals surface area contributed by atoms with Crippen LogP contribution in [0.3, 0.4) is 0 Å². The monoisotopic (exact) mass is 476 g/mol. The highest BCUT2D eigenvalue weighted by atomic mass is 15.3. The van der Waals surface area contributed by atoms with Crippen LogP contribution >= 0.6 is 0 Å². The standard InChI is InChI=1S/C20H24N6.C7H14.C2H6/c1-12(2)23-19-13(3)9-16(10-21-19)17-7-8-26-18(17)11-22-20(25-26)24-14(4)15-5-6-15;1-7-5-3-2-4-6-7;1-2/h7-11,14-15H,5-6H2,1-4H3,(H,24,25);7H,2-6H2,1H3;1-2H3. The summed E-state index contributed by atoms with van der Waals surface area (Å²) in [4.78, 5) is 13.5. The Morgan fingerprint density at radius 3 is 2.34 bits per heavy atom. The molecule has 2 aliphatic carbocycles. The summed E-state index contributed by atoms with van der Waals surface area (Å²) in [7, 11) is 0. The van der Waals surface area contributed by atoms with Crippen LogP contribution in [0.1, 0.15) is 92.1 Å². The molecular formula is C29H44N6. The molecule has 0 amide bonds. The van der Waals surface area contributed by atoms with E-state index in [-0.39, 0.29) is 0 Å². The van der Waals surface area contributed by atoms with Gasteiger partial charge in [0, 0.05) is 35.3 Å². The Hall–Kier alpha value is -2.76. The maximum atomic E-state index is 4.60. The minimum Gasteiger partial charge on any atom is -0.350 e. The molecule has 0 saturated heterocycles. The van der Waals surface area contributed by atoms with Crippen molar-refractivity contribution >= 4 is 23.0 Å². The molecule has 2 fully saturated rings. The molecule has 6 nitrogen and oxygen atoms in total. The van der Waals surface area contributed by atoms with Gasteiger partial charge in [0.25, 0.3) is 0 Å². The Balaban J connectivity index is 0.000000324. The van der Waals surface area contributed by atoms with Crippen molar-refractivity contribution in [3.05, 3.63) is 36.3 Å². The number of fused-ring (bicyclic) bond motifs is 1. The Labute approximate surface area is 211 Å². The van der Waals surface area contributed by atoms with Crippen molar-refractivity contribution in [1.29, 1.82) is 0 Å². The molecule has 0 aliphatic heterocycles. The first kappa shape index (κ1) is 26.8. The van der Waals surface area contributed by atoms with Gasteiger partial charge in [-0.3, -0.25) is 0 Å². The van der Waals surface area contributed by atoms with Crippen LogP contribution in [0.25, 0.3) is 16.6 Å². The maximum absolute atomic E-state index is 4.60. The van der Waals surface area contributed by atoms with Crippen LogP contribution in [0.15, 0.2) is 35.7 Å². The van der Waals surface area contributed by atoms with Crippen molar-refractivity contribution in [1.82, 2.24) is 19.6 Å². The number of hydrogen-bond donors (Lipinski definition) is 1. The number of aromatic nitrogens is 4. The normalized spacial score (nSPS) is 16.4. The van der Waals surface area contributed by atoms with Crippen LogP contribution < -0.4 is 5.32 Å². The Morgan fingerprint density at radius 2 is 1.77 bits per heavy atom. The van der Waals surface area contributed by atoms with E-state index >= 15 is 0 Å². The number of nitrogens with one attached hydrogen (secondary N) is 1. The third-order valence-corrected chi connectivity index (χ3v) is 6.69. The molecule has 2 aliphatic rings. The number of hydrogen-bond acceptors (Lipinski definition) is 5. The summed E-state index contributed by atoms with van der Waals surface area (Å²) in [5.74, 6) is 3.25. The van der Waals surface area contributed by atoms with Crippen LogP contribution in [-0.4, -0.2) is 31.3 Å². The minimum atomic E-state index is 0.421. The fourth-order valence-electron chi connectivity index (χ4n) is 4.48. The molecule has 5 rings (SSSR count). The molecule has 0 aromatic carbocycles. The fourth-order valence-corrected chi connectivity index (χ4v) is 4.48. The van der Waals surface area contributed by atoms with Gasteiger partial charge in [0.2, 0.25) is 5.95 Å². The van der Waals surface area contributed by atoms with Gasteiger partial charge < -0.3 is 5.32 Å². The third kappa shape index (κ3) is 7.61. The van der Waals surface area contributed by atoms with Gasteiger partial charge in [-0.1, -0.05) is 52.9 Å². The second-order valence-corrected chi connectivity index (χ2v) is 10.1. The molecule has 0 radical (unpaired) electrons. The van der Waals surface area contributed by atoms with Crippen molar-refractivity contribution in [2.24, 2.45) is 16.8 Å². The van der Waals surface area contributed by atoms with Gasteiger partial charge >= 0.3 is 0 Å². The molecule has 0 bridgehead atoms. The fraction of sp³-hybridized carbons (Fsp3) is 0.586. The van der Waals surface area contributed by atoms with Crippen LogP contribution in [0, 0.1) is 18.8 Å². The van der Waals surface area contributed by atoms with E-state index in [2.05, 4.69) is 51.4 Å². The van der Waals surface area contributed by atoms with Gasteiger partial charge in [-0.05, 0) is 70.1 Å². The molecule has 35 heavy (non-hydrogen) atoms. The average molecular weight is 477 g/mol. The zero-order valence-corrected chi connectivity index (χ0v) is 22.8. The lowest BCUT2D eigenvalue weighted by atomic mass is 9.91. The van der Waals surface area contributed by atoms with Crippen LogP contribution in [-0.2, 0) is 0 Å². The molecule has 1 atom stereocenters. The lowest BCUT2D eigenvalue weighted by Gasteiger charge is -2.15. The van der Waals surface area contributed by atoms with Gasteiger partial charge in [0.15, 0.2) is 5.82 Å². The molecule has 2 saturated carbocycles. The topological polar surface area (TPSA) is 67.5 Å². The first-order chi connectivity index (χ1) is 16.9. The molecule has 6 heteroatoms. The van der Waals surface area contributed by atoms with Gasteiger partial charge in [-0.25, -0.2) is 19.5 Å². The highest BCUT2D eigenvalue weighted by molar-refractivity contribution is 5.83. The van der Waals surface area contributed by atoms with Crippen molar-refractivity contribution < 1.29 is 0 Å². The van der Waals surface area contributed by atoms with E-state index in [1.54, 1.807) is 0 Å². The summed E-state index contributed by atoms with van der Waals surface area (Å²) >= 11 is 0. The van der Waals surface area contributed by atoms with E-state index in [0.29, 0.717) is 12.0 Å². The quantitative estimate of drug-likeness (QED) is 0.378. The average Bonchev–Trinajstić information content (AvgIpc) is 3.62. The van der Waals surface area contributed by atoms with Crippen LogP contribution in [0.4, 0.5) is 11.8 Å². The van der Waals surface area contributed by atoms with E-state index in [1.807, 2.05) is 57.7 Å². The molecule has 3 aromatic rings. The van der Waals surface area contributed by atoms with Crippen molar-refractivity contribution in [3.8, 4) is 11.1 Å². The number of pyridine rings is 1. The Kier molecular flexibility index (Phi) is 9.82. The summed E-state index contributed by atoms with van der Waals surface area (Å²) < 4.78 is 1.88. The third-order valence-electron chi connectivity index (χ3n) is 6.69. The summed E-state index contributed by atoms with van der Waals surface area (Å²) in [6, 6.07) is 4.60. The zero-order chi connectivity index (χ0) is 25.4. The maximum Gasteiger partial charge on any atom is 0.241 e. The lowest BCUT2D eigenvalue weighted by molar-refractivity contribution is 0.385. The summed E-state index contributed by atoms with van der Waals surface area (Å²) in [6.45, 7) is 14.5. The molecule has 190 valence electrons. The summed E-state index contributed by atoms with van der Waals surface area (Å²) in [5.41, 5.74) is 5.15. The first-order valence-electron chi connectivity index (χ1n) is 13.5. The number of anilines is 1. The van der Waals surface area contributed by atoms with E-state index in [1.165, 1.54) is 44.9 Å². The van der Waals surface area contributed by atoms with Crippen molar-refractivity contribution in [2.45, 2.75) is 99.5 Å². The Morgan fingerprint density at radius 1 is 1.06 bits per heavy atom. The van der Waals surface area contributed by atoms with Gasteiger partial charge in [0.1, 0.15) is 0 Å². The molecule has 3 heterocycles. The smallest absolute Gasteiger partial charge is 0.241 e. The number of aliphatic imine (C=N–C) groups is 1. The van der Waals surface area contributed by atoms with E-state index in [0.717, 1.165) is 45.6 Å². The van der Waals surface area contributed by atoms with Gasteiger partial charge in [-0.2, -0.15) is 0 Å². The highest BCUT2D eigenvalue weighted by Crippen LogP contribution is 2.34. The number of nitrogens with zero attached hydrogens (tertiary/aromatic N) is 5. The second kappa shape index (κ2) is 12.8. The molecule has 3 aromatic heterocycles. The summed E-state index contributed by atoms with van der Waals surface area (Å²) in [5, 5.41) is 8.01. The van der Waals surface area contributed by atoms with Gasteiger partial charge in [0.05, 0.1) is 11.7 Å². The van der Waals surface area contributed by atoms with Crippen LogP contribution in [0.2, 0.25) is 0 Å². The zero-order valence-electron chi connectivity index (χ0n) is 22.8. The van der Waals surface area contributed by atoms with Crippen molar-refractivity contribution in [2.75, 3.05) is 5.32 Å². The first-order valence-corrected chi connectivity index (χ1v) is 13.5. The summed E-state index contributed by atoms with van der Waals surface area (Å²) in [6.07, 6.45) is 15.7. The minimum absolute atomic E-state index is 0.421. The van der Waals surface area contributed by atoms with Crippen LogP contribution in [0.5, 0.6) is 0 Å². The van der Waals surface area contributed by atoms with Crippen molar-refractivity contribution in [3.63, 3.8) is 0 Å². The SMILES string of the molecule is CC.CC(C)=Nc1ncc(-c2ccn3nc(NC(C)C4CC4)ncc23)cc1C.CC1CCCCC1. The van der Waals surface area contributed by atoms with E-state index in [4.69, 9.17) is 0 Å². The number of rotatable bonds is 5. The Bertz CT molecular complexity index is 1100. The molecule has 1 N–H and O–H groups in total. The molecule has 0 spiro atoms. The lowest BCUT2D eigenvalue weighted by Crippen LogP contribution is -2.19. The number of aryl methyl sites for hydroxylation is 1.